The molecule has 1 heterocycles. The van der Waals surface area contributed by atoms with Crippen molar-refractivity contribution in [3.05, 3.63) is 51.0 Å². The Kier molecular flexibility index (Phi) is 5.04. The second kappa shape index (κ2) is 6.60. The lowest BCUT2D eigenvalue weighted by atomic mass is 10.0. The van der Waals surface area contributed by atoms with Crippen molar-refractivity contribution in [2.45, 2.75) is 19.8 Å². The number of hydrogen-bond acceptors (Lipinski definition) is 3. The van der Waals surface area contributed by atoms with Crippen LogP contribution in [0.1, 0.15) is 35.7 Å². The van der Waals surface area contributed by atoms with Gasteiger partial charge in [-0.3, -0.25) is 4.79 Å². The summed E-state index contributed by atoms with van der Waals surface area (Å²) in [6.07, 6.45) is 0. The van der Waals surface area contributed by atoms with Crippen molar-refractivity contribution in [2.75, 3.05) is 5.32 Å². The molecular weight excluding hydrogens is 333 g/mol. The van der Waals surface area contributed by atoms with Gasteiger partial charge in [0.1, 0.15) is 15.9 Å². The summed E-state index contributed by atoms with van der Waals surface area (Å²) in [7, 11) is 0. The molecule has 0 radical (unpaired) electrons. The first-order valence-corrected chi connectivity index (χ1v) is 7.32. The Balaban J connectivity index is 2.36. The van der Waals surface area contributed by atoms with Crippen molar-refractivity contribution < 1.29 is 4.79 Å². The third kappa shape index (κ3) is 3.64. The summed E-state index contributed by atoms with van der Waals surface area (Å²) in [6, 6.07) is 7.51. The molecule has 7 heteroatoms. The van der Waals surface area contributed by atoms with Gasteiger partial charge in [0.2, 0.25) is 5.28 Å². The van der Waals surface area contributed by atoms with Gasteiger partial charge in [-0.25, -0.2) is 9.97 Å². The first kappa shape index (κ1) is 16.0. The maximum atomic E-state index is 12.3. The third-order valence-corrected chi connectivity index (χ3v) is 3.57. The average Bonchev–Trinajstić information content (AvgIpc) is 2.37. The van der Waals surface area contributed by atoms with Crippen LogP contribution in [-0.4, -0.2) is 15.9 Å². The van der Waals surface area contributed by atoms with Crippen LogP contribution in [0.4, 0.5) is 5.69 Å². The summed E-state index contributed by atoms with van der Waals surface area (Å²) in [5.74, 6) is -0.219. The molecule has 0 unspecified atom stereocenters. The molecule has 4 nitrogen and oxygen atoms in total. The monoisotopic (exact) mass is 343 g/mol. The number of amides is 1. The van der Waals surface area contributed by atoms with Crippen LogP contribution < -0.4 is 5.32 Å². The van der Waals surface area contributed by atoms with Gasteiger partial charge in [-0.15, -0.1) is 0 Å². The summed E-state index contributed by atoms with van der Waals surface area (Å²) >= 11 is 17.5. The Morgan fingerprint density at radius 3 is 2.24 bits per heavy atom. The van der Waals surface area contributed by atoms with E-state index in [0.29, 0.717) is 5.69 Å². The zero-order chi connectivity index (χ0) is 15.6. The Labute approximate surface area is 137 Å². The lowest BCUT2D eigenvalue weighted by molar-refractivity contribution is 0.102. The van der Waals surface area contributed by atoms with Crippen LogP contribution in [0.5, 0.6) is 0 Å². The first-order chi connectivity index (χ1) is 9.90. The fraction of sp³-hybridized carbons (Fsp3) is 0.214. The summed E-state index contributed by atoms with van der Waals surface area (Å²) in [6.45, 7) is 4.08. The number of halogens is 3. The van der Waals surface area contributed by atoms with Crippen LogP contribution in [0.25, 0.3) is 0 Å². The second-order valence-corrected chi connectivity index (χ2v) is 5.70. The van der Waals surface area contributed by atoms with Crippen molar-refractivity contribution in [3.8, 4) is 0 Å². The van der Waals surface area contributed by atoms with Gasteiger partial charge < -0.3 is 5.32 Å². The Morgan fingerprint density at radius 1 is 1.10 bits per heavy atom. The maximum absolute atomic E-state index is 12.3. The maximum Gasteiger partial charge on any atom is 0.261 e. The topological polar surface area (TPSA) is 54.9 Å². The van der Waals surface area contributed by atoms with Crippen LogP contribution in [0.3, 0.4) is 0 Å². The molecule has 0 spiro atoms. The van der Waals surface area contributed by atoms with Crippen LogP contribution in [-0.2, 0) is 0 Å². The molecule has 2 aromatic rings. The van der Waals surface area contributed by atoms with Gasteiger partial charge >= 0.3 is 0 Å². The number of benzene rings is 1. The number of aromatic nitrogens is 2. The van der Waals surface area contributed by atoms with Gasteiger partial charge in [0.05, 0.1) is 0 Å². The molecule has 0 saturated carbocycles. The number of hydrogen-bond donors (Lipinski definition) is 1. The summed E-state index contributed by atoms with van der Waals surface area (Å²) in [5, 5.41) is 2.50. The minimum atomic E-state index is -0.477. The number of anilines is 1. The van der Waals surface area contributed by atoms with Gasteiger partial charge in [-0.2, -0.15) is 0 Å². The molecule has 0 aliphatic heterocycles. The fourth-order valence-corrected chi connectivity index (χ4v) is 2.69. The molecule has 1 aromatic carbocycles. The summed E-state index contributed by atoms with van der Waals surface area (Å²) < 4.78 is 0. The van der Waals surface area contributed by atoms with Crippen molar-refractivity contribution in [1.82, 2.24) is 9.97 Å². The molecule has 0 aliphatic rings. The molecule has 2 rings (SSSR count). The fourth-order valence-electron chi connectivity index (χ4n) is 1.87. The second-order valence-electron chi connectivity index (χ2n) is 4.65. The highest BCUT2D eigenvalue weighted by Gasteiger charge is 2.20. The smallest absolute Gasteiger partial charge is 0.261 e. The van der Waals surface area contributed by atoms with E-state index < -0.39 is 5.91 Å². The normalized spacial score (nSPS) is 10.8. The Morgan fingerprint density at radius 2 is 1.67 bits per heavy atom. The predicted molar refractivity (Wildman–Crippen MR) is 85.5 cm³/mol. The molecule has 1 amide bonds. The van der Waals surface area contributed by atoms with Gasteiger partial charge in [-0.1, -0.05) is 55.2 Å². The zero-order valence-electron chi connectivity index (χ0n) is 11.3. The largest absolute Gasteiger partial charge is 0.322 e. The lowest BCUT2D eigenvalue weighted by Crippen LogP contribution is -2.16. The molecular formula is C14H12Cl3N3O. The molecule has 1 aromatic heterocycles. The van der Waals surface area contributed by atoms with E-state index in [1.807, 2.05) is 38.1 Å². The van der Waals surface area contributed by atoms with Gasteiger partial charge in [0.25, 0.3) is 5.91 Å². The standard InChI is InChI=1S/C14H12Cl3N3O/c1-7(2)8-5-3-4-6-9(8)18-13(21)10-11(15)19-14(17)20-12(10)16/h3-7H,1-2H3,(H,18,21). The van der Waals surface area contributed by atoms with Crippen LogP contribution >= 0.6 is 34.8 Å². The number of nitrogens with zero attached hydrogens (tertiary/aromatic N) is 2. The molecule has 0 saturated heterocycles. The number of nitrogens with one attached hydrogen (secondary N) is 1. The van der Waals surface area contributed by atoms with Gasteiger partial charge in [-0.05, 0) is 29.1 Å². The zero-order valence-corrected chi connectivity index (χ0v) is 13.6. The predicted octanol–water partition coefficient (Wildman–Crippen LogP) is 4.81. The minimum absolute atomic E-state index is 0.00120. The number of para-hydroxylation sites is 1. The average molecular weight is 345 g/mol. The van der Waals surface area contributed by atoms with Gasteiger partial charge in [0.15, 0.2) is 0 Å². The molecule has 0 fully saturated rings. The molecule has 110 valence electrons. The van der Waals surface area contributed by atoms with E-state index in [4.69, 9.17) is 34.8 Å². The Bertz CT molecular complexity index is 666. The molecule has 1 N–H and O–H groups in total. The van der Waals surface area contributed by atoms with E-state index in [2.05, 4.69) is 15.3 Å². The van der Waals surface area contributed by atoms with E-state index in [1.165, 1.54) is 0 Å². The van der Waals surface area contributed by atoms with E-state index in [0.717, 1.165) is 5.56 Å². The third-order valence-electron chi connectivity index (χ3n) is 2.85. The quantitative estimate of drug-likeness (QED) is 0.642. The van der Waals surface area contributed by atoms with E-state index in [-0.39, 0.29) is 27.1 Å². The number of carbonyl (C=O) groups excluding carboxylic acids is 1. The van der Waals surface area contributed by atoms with E-state index in [9.17, 15) is 4.79 Å². The minimum Gasteiger partial charge on any atom is -0.322 e. The molecule has 0 bridgehead atoms. The van der Waals surface area contributed by atoms with Crippen LogP contribution in [0, 0.1) is 0 Å². The van der Waals surface area contributed by atoms with E-state index >= 15 is 0 Å². The van der Waals surface area contributed by atoms with Crippen molar-refractivity contribution >= 4 is 46.4 Å². The van der Waals surface area contributed by atoms with E-state index in [1.54, 1.807) is 0 Å². The molecule has 0 aliphatic carbocycles. The van der Waals surface area contributed by atoms with Crippen molar-refractivity contribution in [2.24, 2.45) is 0 Å². The summed E-state index contributed by atoms with van der Waals surface area (Å²) in [5.41, 5.74) is 1.70. The van der Waals surface area contributed by atoms with Gasteiger partial charge in [0, 0.05) is 5.69 Å². The first-order valence-electron chi connectivity index (χ1n) is 6.19. The van der Waals surface area contributed by atoms with Crippen LogP contribution in [0.2, 0.25) is 15.6 Å². The molecule has 0 atom stereocenters. The highest BCUT2D eigenvalue weighted by Crippen LogP contribution is 2.27. The van der Waals surface area contributed by atoms with Crippen LogP contribution in [0.15, 0.2) is 24.3 Å². The van der Waals surface area contributed by atoms with Crippen molar-refractivity contribution in [3.63, 3.8) is 0 Å². The lowest BCUT2D eigenvalue weighted by Gasteiger charge is -2.14. The number of carbonyl (C=O) groups is 1. The Hall–Kier alpha value is -1.36. The summed E-state index contributed by atoms with van der Waals surface area (Å²) in [4.78, 5) is 19.8. The van der Waals surface area contributed by atoms with Crippen molar-refractivity contribution in [1.29, 1.82) is 0 Å². The highest BCUT2D eigenvalue weighted by molar-refractivity contribution is 6.40. The molecule has 21 heavy (non-hydrogen) atoms. The SMILES string of the molecule is CC(C)c1ccccc1NC(=O)c1c(Cl)nc(Cl)nc1Cl. The highest BCUT2D eigenvalue weighted by atomic mass is 35.5. The number of rotatable bonds is 3.